The highest BCUT2D eigenvalue weighted by Crippen LogP contribution is 2.04. The van der Waals surface area contributed by atoms with Crippen LogP contribution in [0.15, 0.2) is 0 Å². The molecule has 0 rings (SSSR count). The largest absolute Gasteiger partial charge is 0.391 e. The van der Waals surface area contributed by atoms with Gasteiger partial charge >= 0.3 is 0 Å². The van der Waals surface area contributed by atoms with Crippen LogP contribution in [-0.2, 0) is 14.2 Å². The fourth-order valence-electron chi connectivity index (χ4n) is 1.30. The molecule has 0 bridgehead atoms. The van der Waals surface area contributed by atoms with Crippen LogP contribution in [0.4, 0.5) is 0 Å². The third kappa shape index (κ3) is 9.06. The summed E-state index contributed by atoms with van der Waals surface area (Å²) in [5.41, 5.74) is 0. The van der Waals surface area contributed by atoms with Crippen molar-refractivity contribution in [2.24, 2.45) is 0 Å². The van der Waals surface area contributed by atoms with Gasteiger partial charge in [0.1, 0.15) is 0 Å². The molecule has 0 aliphatic heterocycles. The number of methoxy groups -OCH3 is 2. The first-order chi connectivity index (χ1) is 7.60. The minimum absolute atomic E-state index is 0.0245. The Morgan fingerprint density at radius 3 is 1.88 bits per heavy atom. The van der Waals surface area contributed by atoms with Crippen LogP contribution in [0.25, 0.3) is 0 Å². The summed E-state index contributed by atoms with van der Waals surface area (Å²) in [6, 6.07) is 0. The van der Waals surface area contributed by atoms with Crippen LogP contribution in [0.3, 0.4) is 0 Å². The van der Waals surface area contributed by atoms with E-state index >= 15 is 0 Å². The van der Waals surface area contributed by atoms with Crippen molar-refractivity contribution in [3.05, 3.63) is 0 Å². The number of hydrogen-bond acceptors (Lipinski definition) is 5. The molecule has 2 N–H and O–H groups in total. The Morgan fingerprint density at radius 1 is 0.875 bits per heavy atom. The maximum absolute atomic E-state index is 9.57. The van der Waals surface area contributed by atoms with Crippen LogP contribution >= 0.6 is 0 Å². The number of rotatable bonds is 10. The molecule has 3 atom stereocenters. The summed E-state index contributed by atoms with van der Waals surface area (Å²) in [5, 5.41) is 18.9. The van der Waals surface area contributed by atoms with Crippen molar-refractivity contribution in [1.29, 1.82) is 0 Å². The van der Waals surface area contributed by atoms with Crippen LogP contribution < -0.4 is 0 Å². The van der Waals surface area contributed by atoms with Crippen LogP contribution in [-0.4, -0.2) is 62.6 Å². The molecule has 3 unspecified atom stereocenters. The van der Waals surface area contributed by atoms with Gasteiger partial charge < -0.3 is 24.4 Å². The minimum Gasteiger partial charge on any atom is -0.391 e. The molecule has 0 heterocycles. The highest BCUT2D eigenvalue weighted by molar-refractivity contribution is 4.61. The molecule has 0 aliphatic carbocycles. The zero-order chi connectivity index (χ0) is 12.4. The van der Waals surface area contributed by atoms with E-state index < -0.39 is 12.2 Å². The molecular formula is C11H24O5. The van der Waals surface area contributed by atoms with Gasteiger partial charge in [-0.1, -0.05) is 0 Å². The second-order valence-corrected chi connectivity index (χ2v) is 3.94. The van der Waals surface area contributed by atoms with Gasteiger partial charge in [-0.3, -0.25) is 0 Å². The molecule has 5 heteroatoms. The topological polar surface area (TPSA) is 68.2 Å². The van der Waals surface area contributed by atoms with Gasteiger partial charge in [-0.05, 0) is 19.8 Å². The summed E-state index contributed by atoms with van der Waals surface area (Å²) in [4.78, 5) is 0. The number of aliphatic hydroxyl groups excluding tert-OH is 2. The van der Waals surface area contributed by atoms with Crippen molar-refractivity contribution in [3.8, 4) is 0 Å². The molecule has 98 valence electrons. The van der Waals surface area contributed by atoms with E-state index in [9.17, 15) is 10.2 Å². The van der Waals surface area contributed by atoms with E-state index in [1.165, 1.54) is 7.11 Å². The molecule has 0 spiro atoms. The fraction of sp³-hybridized carbons (Fsp3) is 1.00. The third-order valence-corrected chi connectivity index (χ3v) is 2.17. The van der Waals surface area contributed by atoms with Crippen molar-refractivity contribution < 1.29 is 24.4 Å². The smallest absolute Gasteiger partial charge is 0.0781 e. The molecule has 0 aromatic rings. The molecule has 0 saturated carbocycles. The zero-order valence-electron chi connectivity index (χ0n) is 10.4. The molecule has 0 amide bonds. The highest BCUT2D eigenvalue weighted by Gasteiger charge is 2.11. The summed E-state index contributed by atoms with van der Waals surface area (Å²) >= 11 is 0. The van der Waals surface area contributed by atoms with Gasteiger partial charge in [0, 0.05) is 14.2 Å². The first-order valence-corrected chi connectivity index (χ1v) is 5.55. The summed E-state index contributed by atoms with van der Waals surface area (Å²) in [6.45, 7) is 2.97. The van der Waals surface area contributed by atoms with Gasteiger partial charge in [0.25, 0.3) is 0 Å². The van der Waals surface area contributed by atoms with Crippen LogP contribution in [0, 0.1) is 0 Å². The summed E-state index contributed by atoms with van der Waals surface area (Å²) in [7, 11) is 3.15. The monoisotopic (exact) mass is 236 g/mol. The van der Waals surface area contributed by atoms with Crippen molar-refractivity contribution >= 4 is 0 Å². The van der Waals surface area contributed by atoms with E-state index in [1.807, 2.05) is 6.92 Å². The van der Waals surface area contributed by atoms with Crippen LogP contribution in [0.5, 0.6) is 0 Å². The zero-order valence-corrected chi connectivity index (χ0v) is 10.4. The number of aliphatic hydroxyl groups is 2. The minimum atomic E-state index is -0.550. The fourth-order valence-corrected chi connectivity index (χ4v) is 1.30. The van der Waals surface area contributed by atoms with Gasteiger partial charge in [-0.2, -0.15) is 0 Å². The Labute approximate surface area is 97.3 Å². The second kappa shape index (κ2) is 9.99. The van der Waals surface area contributed by atoms with Crippen molar-refractivity contribution in [2.45, 2.75) is 38.1 Å². The summed E-state index contributed by atoms with van der Waals surface area (Å²) < 4.78 is 15.0. The molecule has 0 radical (unpaired) electrons. The van der Waals surface area contributed by atoms with Gasteiger partial charge in [-0.25, -0.2) is 0 Å². The highest BCUT2D eigenvalue weighted by atomic mass is 16.5. The summed E-state index contributed by atoms with van der Waals surface area (Å²) in [5.74, 6) is 0. The Kier molecular flexibility index (Phi) is 9.86. The Balaban J connectivity index is 3.46. The lowest BCUT2D eigenvalue weighted by Gasteiger charge is -2.17. The maximum atomic E-state index is 9.57. The molecule has 0 fully saturated rings. The number of hydrogen-bond donors (Lipinski definition) is 2. The molecule has 0 saturated heterocycles. The molecule has 0 aliphatic rings. The molecule has 0 aromatic heterocycles. The van der Waals surface area contributed by atoms with E-state index in [4.69, 9.17) is 14.2 Å². The molecule has 16 heavy (non-hydrogen) atoms. The lowest BCUT2D eigenvalue weighted by molar-refractivity contribution is -0.0383. The van der Waals surface area contributed by atoms with Crippen molar-refractivity contribution in [2.75, 3.05) is 34.0 Å². The first-order valence-electron chi connectivity index (χ1n) is 5.55. The quantitative estimate of drug-likeness (QED) is 0.566. The van der Waals surface area contributed by atoms with Gasteiger partial charge in [0.2, 0.25) is 0 Å². The SMILES string of the molecule is COCC(O)CCC(O)COC(C)COC. The lowest BCUT2D eigenvalue weighted by atomic mass is 10.1. The van der Waals surface area contributed by atoms with E-state index in [2.05, 4.69) is 0 Å². The summed E-state index contributed by atoms with van der Waals surface area (Å²) in [6.07, 6.45) is -0.0771. The van der Waals surface area contributed by atoms with Gasteiger partial charge in [-0.15, -0.1) is 0 Å². The van der Waals surface area contributed by atoms with Crippen molar-refractivity contribution in [1.82, 2.24) is 0 Å². The van der Waals surface area contributed by atoms with E-state index in [0.29, 0.717) is 26.1 Å². The van der Waals surface area contributed by atoms with E-state index in [0.717, 1.165) is 0 Å². The normalized spacial score (nSPS) is 17.1. The van der Waals surface area contributed by atoms with Crippen LogP contribution in [0.2, 0.25) is 0 Å². The predicted molar refractivity (Wildman–Crippen MR) is 60.4 cm³/mol. The van der Waals surface area contributed by atoms with Crippen molar-refractivity contribution in [3.63, 3.8) is 0 Å². The van der Waals surface area contributed by atoms with Crippen LogP contribution in [0.1, 0.15) is 19.8 Å². The Morgan fingerprint density at radius 2 is 1.38 bits per heavy atom. The Hall–Kier alpha value is -0.200. The standard InChI is InChI=1S/C11H24O5/c1-9(6-14-2)16-8-11(13)5-4-10(12)7-15-3/h9-13H,4-8H2,1-3H3. The Bertz CT molecular complexity index is 137. The first kappa shape index (κ1) is 15.8. The third-order valence-electron chi connectivity index (χ3n) is 2.17. The maximum Gasteiger partial charge on any atom is 0.0781 e. The number of ether oxygens (including phenoxy) is 3. The lowest BCUT2D eigenvalue weighted by Crippen LogP contribution is -2.24. The second-order valence-electron chi connectivity index (χ2n) is 3.94. The molecule has 0 aromatic carbocycles. The predicted octanol–water partition coefficient (Wildman–Crippen LogP) is 0.186. The average molecular weight is 236 g/mol. The van der Waals surface area contributed by atoms with Gasteiger partial charge in [0.05, 0.1) is 38.1 Å². The van der Waals surface area contributed by atoms with Gasteiger partial charge in [0.15, 0.2) is 0 Å². The average Bonchev–Trinajstić information content (AvgIpc) is 2.24. The van der Waals surface area contributed by atoms with E-state index in [-0.39, 0.29) is 12.7 Å². The van der Waals surface area contributed by atoms with E-state index in [1.54, 1.807) is 7.11 Å². The molecular weight excluding hydrogens is 212 g/mol. The molecule has 5 nitrogen and oxygen atoms in total.